The lowest BCUT2D eigenvalue weighted by Gasteiger charge is -2.35. The van der Waals surface area contributed by atoms with Gasteiger partial charge in [-0.2, -0.15) is 13.2 Å². The quantitative estimate of drug-likeness (QED) is 0.447. The van der Waals surface area contributed by atoms with E-state index in [-0.39, 0.29) is 5.71 Å². The number of carbonyl (C=O) groups is 1. The maximum Gasteiger partial charge on any atom is 0.477 e. The fourth-order valence-electron chi connectivity index (χ4n) is 4.01. The van der Waals surface area contributed by atoms with Gasteiger partial charge in [0.05, 0.1) is 12.1 Å². The molecule has 180 valence electrons. The van der Waals surface area contributed by atoms with Gasteiger partial charge >= 0.3 is 11.9 Å². The van der Waals surface area contributed by atoms with Crippen molar-refractivity contribution in [1.82, 2.24) is 4.90 Å². The zero-order valence-corrected chi connectivity index (χ0v) is 19.7. The van der Waals surface area contributed by atoms with Crippen LogP contribution in [0.4, 0.5) is 18.9 Å². The molecule has 34 heavy (non-hydrogen) atoms. The molecule has 0 bridgehead atoms. The van der Waals surface area contributed by atoms with E-state index < -0.39 is 29.7 Å². The zero-order chi connectivity index (χ0) is 24.5. The number of amides is 1. The Morgan fingerprint density at radius 3 is 2.44 bits per heavy atom. The molecule has 0 aliphatic carbocycles. The lowest BCUT2D eigenvalue weighted by molar-refractivity contribution is -0.526. The number of ether oxygens (including phenoxy) is 1. The van der Waals surface area contributed by atoms with Crippen molar-refractivity contribution < 1.29 is 27.4 Å². The van der Waals surface area contributed by atoms with Crippen molar-refractivity contribution in [3.05, 3.63) is 59.1 Å². The first-order chi connectivity index (χ1) is 16.2. The molecule has 0 radical (unpaired) electrons. The largest absolute Gasteiger partial charge is 0.495 e. The van der Waals surface area contributed by atoms with E-state index in [0.717, 1.165) is 5.69 Å². The Kier molecular flexibility index (Phi) is 7.04. The number of halogens is 5. The third-order valence-electron chi connectivity index (χ3n) is 5.76. The van der Waals surface area contributed by atoms with Crippen molar-refractivity contribution in [3.8, 4) is 5.75 Å². The van der Waals surface area contributed by atoms with Crippen molar-refractivity contribution in [2.24, 2.45) is 5.10 Å². The Morgan fingerprint density at radius 1 is 1.15 bits per heavy atom. The third kappa shape index (κ3) is 5.00. The van der Waals surface area contributed by atoms with Crippen LogP contribution < -0.4 is 9.64 Å². The van der Waals surface area contributed by atoms with Crippen LogP contribution in [-0.4, -0.2) is 78.3 Å². The molecule has 0 spiro atoms. The number of hydrogen-bond acceptors (Lipinski definition) is 4. The summed E-state index contributed by atoms with van der Waals surface area (Å²) in [5, 5.41) is 3.09. The molecule has 1 saturated heterocycles. The summed E-state index contributed by atoms with van der Waals surface area (Å²) in [6, 6.07) is 13.8. The maximum absolute atomic E-state index is 13.8. The van der Waals surface area contributed by atoms with Crippen LogP contribution in [0.2, 0.25) is 5.02 Å². The number of piperazine rings is 1. The predicted molar refractivity (Wildman–Crippen MR) is 126 cm³/mol. The Labute approximate surface area is 204 Å². The van der Waals surface area contributed by atoms with Gasteiger partial charge < -0.3 is 14.5 Å². The number of hydrogen-bond donors (Lipinski definition) is 0. The Morgan fingerprint density at radius 2 is 1.82 bits per heavy atom. The van der Waals surface area contributed by atoms with Crippen LogP contribution in [-0.2, 0) is 4.79 Å². The van der Waals surface area contributed by atoms with E-state index in [0.29, 0.717) is 47.2 Å². The molecule has 2 aliphatic heterocycles. The molecule has 0 aromatic heterocycles. The number of rotatable bonds is 5. The number of nitrogens with zero attached hydrogens (tertiary/aromatic N) is 4. The Bertz CT molecular complexity index is 1130. The van der Waals surface area contributed by atoms with Crippen molar-refractivity contribution >= 4 is 46.2 Å². The highest BCUT2D eigenvalue weighted by Crippen LogP contribution is 2.30. The van der Waals surface area contributed by atoms with Gasteiger partial charge in [-0.1, -0.05) is 46.6 Å². The second-order valence-electron chi connectivity index (χ2n) is 7.84. The van der Waals surface area contributed by atoms with Crippen LogP contribution in [0.3, 0.4) is 0 Å². The summed E-state index contributed by atoms with van der Waals surface area (Å²) in [5.41, 5.74) is 0.394. The van der Waals surface area contributed by atoms with Crippen LogP contribution in [0.15, 0.2) is 53.6 Å². The van der Waals surface area contributed by atoms with Crippen molar-refractivity contribution in [2.75, 3.05) is 44.7 Å². The normalized spacial score (nSPS) is 18.9. The predicted octanol–water partition coefficient (Wildman–Crippen LogP) is 4.04. The first-order valence-corrected chi connectivity index (χ1v) is 11.4. The van der Waals surface area contributed by atoms with Gasteiger partial charge in [-0.05, 0) is 17.2 Å². The minimum absolute atomic E-state index is 0.0731. The molecule has 2 heterocycles. The average Bonchev–Trinajstić information content (AvgIpc) is 3.16. The van der Waals surface area contributed by atoms with Gasteiger partial charge in [0, 0.05) is 43.5 Å². The molecule has 0 saturated carbocycles. The SMILES string of the molecule is COc1cc(N2CCN(C(=O)C[N+]3=C(C(F)(F)F)C(Cl)C(c4ccccc4)=N3)CC2)ccc1Cl. The third-order valence-corrected chi connectivity index (χ3v) is 6.49. The average molecular weight is 514 g/mol. The van der Waals surface area contributed by atoms with Crippen LogP contribution >= 0.6 is 23.2 Å². The summed E-state index contributed by atoms with van der Waals surface area (Å²) < 4.78 is 47.3. The second kappa shape index (κ2) is 9.84. The van der Waals surface area contributed by atoms with E-state index in [9.17, 15) is 18.0 Å². The molecule has 1 fully saturated rings. The maximum atomic E-state index is 13.8. The number of methoxy groups -OCH3 is 1. The highest BCUT2D eigenvalue weighted by molar-refractivity contribution is 6.47. The molecule has 6 nitrogen and oxygen atoms in total. The van der Waals surface area contributed by atoms with Crippen LogP contribution in [0, 0.1) is 0 Å². The molecular formula is C23H22Cl2F3N4O2+. The first kappa shape index (κ1) is 24.3. The zero-order valence-electron chi connectivity index (χ0n) is 18.2. The molecule has 1 atom stereocenters. The van der Waals surface area contributed by atoms with Crippen molar-refractivity contribution in [3.63, 3.8) is 0 Å². The van der Waals surface area contributed by atoms with Gasteiger partial charge in [0.1, 0.15) is 11.5 Å². The standard InChI is InChI=1S/C23H22Cl2F3N4O2/c1-34-18-13-16(7-8-17(18)24)30-9-11-31(12-10-30)19(33)14-32-22(23(26,27)28)20(25)21(29-32)15-5-3-2-4-6-15/h2-8,13,20H,9-12,14H2,1H3/q+1. The van der Waals surface area contributed by atoms with Gasteiger partial charge in [-0.25, -0.2) is 0 Å². The lowest BCUT2D eigenvalue weighted by Crippen LogP contribution is -2.51. The van der Waals surface area contributed by atoms with E-state index in [1.165, 1.54) is 12.0 Å². The molecule has 2 aliphatic rings. The topological polar surface area (TPSA) is 48.1 Å². The summed E-state index contributed by atoms with van der Waals surface area (Å²) in [5.74, 6) is 0.0987. The van der Waals surface area contributed by atoms with Crippen LogP contribution in [0.1, 0.15) is 5.56 Å². The van der Waals surface area contributed by atoms with Gasteiger partial charge in [0.15, 0.2) is 5.38 Å². The molecule has 11 heteroatoms. The lowest BCUT2D eigenvalue weighted by atomic mass is 10.0. The van der Waals surface area contributed by atoms with E-state index in [1.807, 2.05) is 12.1 Å². The van der Waals surface area contributed by atoms with Crippen molar-refractivity contribution in [1.29, 1.82) is 0 Å². The highest BCUT2D eigenvalue weighted by Gasteiger charge is 2.55. The minimum atomic E-state index is -4.72. The highest BCUT2D eigenvalue weighted by atomic mass is 35.5. The summed E-state index contributed by atoms with van der Waals surface area (Å²) >= 11 is 12.3. The number of carbonyl (C=O) groups excluding carboxylic acids is 1. The minimum Gasteiger partial charge on any atom is -0.495 e. The van der Waals surface area contributed by atoms with E-state index in [4.69, 9.17) is 27.9 Å². The number of alkyl halides is 4. The van der Waals surface area contributed by atoms with Crippen molar-refractivity contribution in [2.45, 2.75) is 11.6 Å². The first-order valence-electron chi connectivity index (χ1n) is 10.5. The molecule has 2 aromatic rings. The van der Waals surface area contributed by atoms with Gasteiger partial charge in [-0.3, -0.25) is 4.79 Å². The van der Waals surface area contributed by atoms with E-state index >= 15 is 0 Å². The summed E-state index contributed by atoms with van der Waals surface area (Å²) in [7, 11) is 1.53. The van der Waals surface area contributed by atoms with Gasteiger partial charge in [0.25, 0.3) is 12.5 Å². The molecule has 4 rings (SSSR count). The molecule has 1 unspecified atom stereocenters. The summed E-state index contributed by atoms with van der Waals surface area (Å²) in [6.45, 7) is 1.21. The van der Waals surface area contributed by atoms with E-state index in [2.05, 4.69) is 10.0 Å². The number of anilines is 1. The molecule has 2 aromatic carbocycles. The summed E-state index contributed by atoms with van der Waals surface area (Å²) in [4.78, 5) is 16.5. The Hall–Kier alpha value is -2.78. The monoisotopic (exact) mass is 513 g/mol. The summed E-state index contributed by atoms with van der Waals surface area (Å²) in [6.07, 6.45) is -4.72. The van der Waals surface area contributed by atoms with Gasteiger partial charge in [0.2, 0.25) is 0 Å². The van der Waals surface area contributed by atoms with Crippen LogP contribution in [0.25, 0.3) is 0 Å². The number of benzene rings is 2. The van der Waals surface area contributed by atoms with Gasteiger partial charge in [-0.15, -0.1) is 11.6 Å². The fraction of sp³-hybridized carbons (Fsp3) is 0.348. The molecule has 1 amide bonds. The van der Waals surface area contributed by atoms with Crippen LogP contribution in [0.5, 0.6) is 5.75 Å². The van der Waals surface area contributed by atoms with E-state index in [1.54, 1.807) is 36.4 Å². The Balaban J connectivity index is 1.47. The smallest absolute Gasteiger partial charge is 0.477 e. The molecule has 0 N–H and O–H groups in total. The molecular weight excluding hydrogens is 492 g/mol. The fourth-order valence-corrected chi connectivity index (χ4v) is 4.61. The second-order valence-corrected chi connectivity index (χ2v) is 8.68. The number of hydrazone groups is 1.